The molecule has 1 saturated heterocycles. The Morgan fingerprint density at radius 3 is 2.70 bits per heavy atom. The fourth-order valence-electron chi connectivity index (χ4n) is 2.78. The fraction of sp³-hybridized carbons (Fsp3) is 0.929. The Labute approximate surface area is 138 Å². The highest BCUT2D eigenvalue weighted by atomic mass is 32.2. The highest BCUT2D eigenvalue weighted by molar-refractivity contribution is 7.90. The molecule has 2 heterocycles. The summed E-state index contributed by atoms with van der Waals surface area (Å²) in [5.41, 5.74) is 0. The maximum atomic E-state index is 11.9. The van der Waals surface area contributed by atoms with E-state index < -0.39 is 15.3 Å². The van der Waals surface area contributed by atoms with E-state index in [0.29, 0.717) is 19.0 Å². The van der Waals surface area contributed by atoms with Crippen LogP contribution in [0.3, 0.4) is 0 Å². The molecule has 1 aromatic rings. The third kappa shape index (κ3) is 4.95. The van der Waals surface area contributed by atoms with Crippen molar-refractivity contribution in [3.05, 3.63) is 5.82 Å². The monoisotopic (exact) mass is 344 g/mol. The normalized spacial score (nSPS) is 20.5. The number of sulfonamides is 1. The van der Waals surface area contributed by atoms with Crippen molar-refractivity contribution in [2.45, 2.75) is 58.4 Å². The molecule has 1 aromatic heterocycles. The molecule has 23 heavy (non-hydrogen) atoms. The predicted octanol–water partition coefficient (Wildman–Crippen LogP) is 0.794. The van der Waals surface area contributed by atoms with E-state index in [2.05, 4.69) is 39.0 Å². The summed E-state index contributed by atoms with van der Waals surface area (Å²) in [5.74, 6) is 1.20. The Morgan fingerprint density at radius 2 is 2.04 bits per heavy atom. The van der Waals surface area contributed by atoms with Crippen LogP contribution in [-0.2, 0) is 16.6 Å². The van der Waals surface area contributed by atoms with E-state index in [1.54, 1.807) is 13.8 Å². The molecule has 0 aromatic carbocycles. The predicted molar refractivity (Wildman–Crippen MR) is 88.3 cm³/mol. The van der Waals surface area contributed by atoms with Gasteiger partial charge in [0, 0.05) is 13.1 Å². The van der Waals surface area contributed by atoms with Crippen molar-refractivity contribution < 1.29 is 8.42 Å². The van der Waals surface area contributed by atoms with Crippen molar-refractivity contribution in [3.63, 3.8) is 0 Å². The van der Waals surface area contributed by atoms with Gasteiger partial charge in [-0.05, 0) is 63.4 Å². The van der Waals surface area contributed by atoms with E-state index in [0.717, 1.165) is 31.8 Å². The van der Waals surface area contributed by atoms with Crippen LogP contribution in [-0.4, -0.2) is 58.4 Å². The maximum absolute atomic E-state index is 11.9. The summed E-state index contributed by atoms with van der Waals surface area (Å²) < 4.78 is 28.3. The minimum Gasteiger partial charge on any atom is -0.296 e. The number of likely N-dealkylation sites (tertiary alicyclic amines) is 1. The molecule has 2 rings (SSSR count). The van der Waals surface area contributed by atoms with Gasteiger partial charge in [-0.1, -0.05) is 0 Å². The third-order valence-corrected chi connectivity index (χ3v) is 6.02. The Morgan fingerprint density at radius 1 is 1.30 bits per heavy atom. The minimum atomic E-state index is -3.19. The summed E-state index contributed by atoms with van der Waals surface area (Å²) in [4.78, 5) is 2.31. The smallest absolute Gasteiger partial charge is 0.213 e. The number of nitrogens with zero attached hydrogens (tertiary/aromatic N) is 5. The van der Waals surface area contributed by atoms with Crippen molar-refractivity contribution in [3.8, 4) is 0 Å². The summed E-state index contributed by atoms with van der Waals surface area (Å²) in [5, 5.41) is 11.5. The molecule has 0 radical (unpaired) electrons. The van der Waals surface area contributed by atoms with E-state index >= 15 is 0 Å². The second-order valence-corrected chi connectivity index (χ2v) is 9.14. The molecule has 0 aliphatic carbocycles. The van der Waals surface area contributed by atoms with Gasteiger partial charge in [0.25, 0.3) is 0 Å². The summed E-state index contributed by atoms with van der Waals surface area (Å²) in [6.45, 7) is 10.6. The zero-order valence-corrected chi connectivity index (χ0v) is 15.3. The molecule has 9 heteroatoms. The van der Waals surface area contributed by atoms with Crippen LogP contribution in [0.2, 0.25) is 0 Å². The van der Waals surface area contributed by atoms with Crippen LogP contribution in [0.5, 0.6) is 0 Å². The Bertz CT molecular complexity index is 598. The molecule has 1 fully saturated rings. The molecule has 0 amide bonds. The zero-order valence-electron chi connectivity index (χ0n) is 14.4. The van der Waals surface area contributed by atoms with E-state index in [9.17, 15) is 8.42 Å². The molecule has 1 aliphatic rings. The molecule has 1 atom stereocenters. The van der Waals surface area contributed by atoms with Crippen molar-refractivity contribution >= 4 is 10.0 Å². The lowest BCUT2D eigenvalue weighted by Crippen LogP contribution is -2.42. The number of piperidine rings is 1. The Kier molecular flexibility index (Phi) is 6.10. The fourth-order valence-corrected chi connectivity index (χ4v) is 3.58. The first-order chi connectivity index (χ1) is 10.8. The molecular formula is C14H28N6O2S. The SMILES string of the molecule is CC(C)n1nnnc1CN1CCC[C@H](CNS(=O)(=O)C(C)C)C1. The van der Waals surface area contributed by atoms with Crippen LogP contribution in [0.25, 0.3) is 0 Å². The van der Waals surface area contributed by atoms with Gasteiger partial charge in [0.1, 0.15) is 0 Å². The lowest BCUT2D eigenvalue weighted by atomic mass is 9.98. The second-order valence-electron chi connectivity index (χ2n) is 6.82. The first-order valence-electron chi connectivity index (χ1n) is 8.27. The largest absolute Gasteiger partial charge is 0.296 e. The lowest BCUT2D eigenvalue weighted by molar-refractivity contribution is 0.162. The van der Waals surface area contributed by atoms with Crippen molar-refractivity contribution in [1.29, 1.82) is 0 Å². The van der Waals surface area contributed by atoms with Gasteiger partial charge >= 0.3 is 0 Å². The molecule has 0 saturated carbocycles. The average Bonchev–Trinajstić information content (AvgIpc) is 2.94. The van der Waals surface area contributed by atoms with Gasteiger partial charge in [0.2, 0.25) is 10.0 Å². The number of rotatable bonds is 7. The molecule has 0 bridgehead atoms. The highest BCUT2D eigenvalue weighted by Gasteiger charge is 2.24. The number of tetrazole rings is 1. The highest BCUT2D eigenvalue weighted by Crippen LogP contribution is 2.18. The maximum Gasteiger partial charge on any atom is 0.213 e. The topological polar surface area (TPSA) is 93.0 Å². The first-order valence-corrected chi connectivity index (χ1v) is 9.81. The van der Waals surface area contributed by atoms with E-state index in [1.807, 2.05) is 4.68 Å². The van der Waals surface area contributed by atoms with E-state index in [4.69, 9.17) is 0 Å². The van der Waals surface area contributed by atoms with Crippen LogP contribution in [0.15, 0.2) is 0 Å². The third-order valence-electron chi connectivity index (χ3n) is 4.21. The van der Waals surface area contributed by atoms with E-state index in [1.165, 1.54) is 0 Å². The van der Waals surface area contributed by atoms with Gasteiger partial charge in [-0.3, -0.25) is 4.90 Å². The molecule has 0 spiro atoms. The van der Waals surface area contributed by atoms with Crippen molar-refractivity contribution in [2.75, 3.05) is 19.6 Å². The second kappa shape index (κ2) is 7.67. The van der Waals surface area contributed by atoms with Gasteiger partial charge in [-0.25, -0.2) is 17.8 Å². The van der Waals surface area contributed by atoms with Crippen LogP contribution in [0, 0.1) is 5.92 Å². The summed E-state index contributed by atoms with van der Waals surface area (Å²) in [6.07, 6.45) is 2.11. The molecule has 1 N–H and O–H groups in total. The van der Waals surface area contributed by atoms with Crippen LogP contribution >= 0.6 is 0 Å². The first kappa shape index (κ1) is 18.3. The standard InChI is InChI=1S/C14H28N6O2S/c1-11(2)20-14(16-17-18-20)10-19-7-5-6-13(9-19)8-15-23(21,22)12(3)4/h11-13,15H,5-10H2,1-4H3/t13-/m1/s1. The number of aromatic nitrogens is 4. The summed E-state index contributed by atoms with van der Waals surface area (Å²) >= 11 is 0. The molecule has 0 unspecified atom stereocenters. The Balaban J connectivity index is 1.90. The number of nitrogens with one attached hydrogen (secondary N) is 1. The lowest BCUT2D eigenvalue weighted by Gasteiger charge is -2.32. The quantitative estimate of drug-likeness (QED) is 0.786. The van der Waals surface area contributed by atoms with Gasteiger partial charge in [-0.15, -0.1) is 5.10 Å². The average molecular weight is 344 g/mol. The van der Waals surface area contributed by atoms with Gasteiger partial charge in [0.15, 0.2) is 5.82 Å². The Hall–Kier alpha value is -1.06. The number of hydrogen-bond acceptors (Lipinski definition) is 6. The minimum absolute atomic E-state index is 0.235. The van der Waals surface area contributed by atoms with Gasteiger partial charge in [0.05, 0.1) is 17.8 Å². The van der Waals surface area contributed by atoms with Crippen LogP contribution < -0.4 is 4.72 Å². The molecule has 132 valence electrons. The van der Waals surface area contributed by atoms with Crippen LogP contribution in [0.1, 0.15) is 52.4 Å². The van der Waals surface area contributed by atoms with Crippen molar-refractivity contribution in [1.82, 2.24) is 29.8 Å². The summed E-state index contributed by atoms with van der Waals surface area (Å²) in [7, 11) is -3.19. The van der Waals surface area contributed by atoms with Gasteiger partial charge in [-0.2, -0.15) is 0 Å². The zero-order chi connectivity index (χ0) is 17.0. The van der Waals surface area contributed by atoms with Crippen molar-refractivity contribution in [2.24, 2.45) is 5.92 Å². The van der Waals surface area contributed by atoms with Crippen LogP contribution in [0.4, 0.5) is 0 Å². The molecule has 8 nitrogen and oxygen atoms in total. The number of hydrogen-bond donors (Lipinski definition) is 1. The molecule has 1 aliphatic heterocycles. The van der Waals surface area contributed by atoms with Gasteiger partial charge < -0.3 is 0 Å². The summed E-state index contributed by atoms with van der Waals surface area (Å²) in [6, 6.07) is 0.235. The molecular weight excluding hydrogens is 316 g/mol. The van der Waals surface area contributed by atoms with E-state index in [-0.39, 0.29) is 6.04 Å².